The molecule has 2 aromatic carbocycles. The lowest BCUT2D eigenvalue weighted by atomic mass is 10.3. The summed E-state index contributed by atoms with van der Waals surface area (Å²) >= 11 is 0.995. The Bertz CT molecular complexity index is 984. The van der Waals surface area contributed by atoms with Gasteiger partial charge in [-0.3, -0.25) is 9.52 Å². The molecule has 3 aromatic rings. The van der Waals surface area contributed by atoms with Crippen molar-refractivity contribution in [2.24, 2.45) is 0 Å². The number of aryl methyl sites for hydroxylation is 1. The largest absolute Gasteiger partial charge is 0.321 e. The summed E-state index contributed by atoms with van der Waals surface area (Å²) in [5.74, 6) is -0.327. The molecule has 8 heteroatoms. The zero-order chi connectivity index (χ0) is 17.9. The van der Waals surface area contributed by atoms with Crippen molar-refractivity contribution in [2.45, 2.75) is 11.8 Å². The quantitative estimate of drug-likeness (QED) is 0.716. The highest BCUT2D eigenvalue weighted by Gasteiger charge is 2.20. The highest BCUT2D eigenvalue weighted by atomic mass is 32.2. The third-order valence-electron chi connectivity index (χ3n) is 3.31. The average Bonchev–Trinajstić information content (AvgIpc) is 2.96. The number of rotatable bonds is 5. The first-order valence-corrected chi connectivity index (χ1v) is 9.67. The molecule has 0 aliphatic rings. The number of sulfonamides is 1. The molecule has 25 heavy (non-hydrogen) atoms. The lowest BCUT2D eigenvalue weighted by Crippen LogP contribution is -2.12. The van der Waals surface area contributed by atoms with Crippen LogP contribution in [0.25, 0.3) is 0 Å². The van der Waals surface area contributed by atoms with Crippen molar-refractivity contribution in [3.8, 4) is 0 Å². The van der Waals surface area contributed by atoms with Crippen molar-refractivity contribution >= 4 is 38.1 Å². The van der Waals surface area contributed by atoms with Crippen molar-refractivity contribution in [3.63, 3.8) is 0 Å². The summed E-state index contributed by atoms with van der Waals surface area (Å²) in [5, 5.41) is 2.91. The molecule has 1 amide bonds. The maximum Gasteiger partial charge on any atom is 0.267 e. The van der Waals surface area contributed by atoms with Crippen LogP contribution in [0.15, 0.2) is 65.6 Å². The molecule has 0 atom stereocenters. The molecular weight excluding hydrogens is 358 g/mol. The highest BCUT2D eigenvalue weighted by molar-refractivity contribution is 7.93. The van der Waals surface area contributed by atoms with Crippen LogP contribution < -0.4 is 10.0 Å². The molecule has 1 aromatic heterocycles. The third kappa shape index (κ3) is 4.04. The molecule has 3 rings (SSSR count). The molecule has 0 radical (unpaired) electrons. The summed E-state index contributed by atoms with van der Waals surface area (Å²) in [7, 11) is -3.74. The van der Waals surface area contributed by atoms with E-state index in [4.69, 9.17) is 0 Å². The van der Waals surface area contributed by atoms with Crippen LogP contribution in [-0.4, -0.2) is 19.3 Å². The van der Waals surface area contributed by atoms with E-state index in [1.807, 2.05) is 18.2 Å². The van der Waals surface area contributed by atoms with Crippen LogP contribution in [0, 0.1) is 6.92 Å². The molecule has 0 fully saturated rings. The van der Waals surface area contributed by atoms with Gasteiger partial charge in [0.15, 0.2) is 5.13 Å². The van der Waals surface area contributed by atoms with Gasteiger partial charge in [-0.25, -0.2) is 13.4 Å². The third-order valence-corrected chi connectivity index (χ3v) is 5.87. The predicted octanol–water partition coefficient (Wildman–Crippen LogP) is 3.50. The lowest BCUT2D eigenvalue weighted by Gasteiger charge is -2.04. The molecular formula is C17H15N3O3S2. The first-order valence-electron chi connectivity index (χ1n) is 7.37. The Morgan fingerprint density at radius 1 is 1.00 bits per heavy atom. The van der Waals surface area contributed by atoms with E-state index >= 15 is 0 Å². The number of hydrogen-bond acceptors (Lipinski definition) is 5. The SMILES string of the molecule is Cc1nc(NS(=O)(=O)c2ccccc2)sc1C(=O)Nc1ccccc1. The Hall–Kier alpha value is -2.71. The van der Waals surface area contributed by atoms with Gasteiger partial charge >= 0.3 is 0 Å². The van der Waals surface area contributed by atoms with E-state index in [2.05, 4.69) is 15.0 Å². The molecule has 0 aliphatic heterocycles. The van der Waals surface area contributed by atoms with Crippen molar-refractivity contribution < 1.29 is 13.2 Å². The molecule has 2 N–H and O–H groups in total. The number of aromatic nitrogens is 1. The van der Waals surface area contributed by atoms with Crippen molar-refractivity contribution in [2.75, 3.05) is 10.0 Å². The molecule has 6 nitrogen and oxygen atoms in total. The molecule has 0 saturated heterocycles. The van der Waals surface area contributed by atoms with Gasteiger partial charge < -0.3 is 5.32 Å². The number of anilines is 2. The van der Waals surface area contributed by atoms with Gasteiger partial charge in [0.25, 0.3) is 15.9 Å². The van der Waals surface area contributed by atoms with Gasteiger partial charge in [-0.1, -0.05) is 47.7 Å². The lowest BCUT2D eigenvalue weighted by molar-refractivity contribution is 0.103. The monoisotopic (exact) mass is 373 g/mol. The fourth-order valence-electron chi connectivity index (χ4n) is 2.13. The Morgan fingerprint density at radius 2 is 1.60 bits per heavy atom. The summed E-state index contributed by atoms with van der Waals surface area (Å²) in [4.78, 5) is 17.0. The Labute approximate surface area is 149 Å². The first-order chi connectivity index (χ1) is 12.0. The average molecular weight is 373 g/mol. The van der Waals surface area contributed by atoms with Crippen molar-refractivity contribution in [1.82, 2.24) is 4.98 Å². The molecule has 0 unspecified atom stereocenters. The second kappa shape index (κ2) is 7.04. The first kappa shape index (κ1) is 17.1. The number of para-hydroxylation sites is 1. The Balaban J connectivity index is 1.80. The van der Waals surface area contributed by atoms with E-state index in [0.717, 1.165) is 11.3 Å². The Kier molecular flexibility index (Phi) is 4.82. The van der Waals surface area contributed by atoms with Crippen LogP contribution in [0.4, 0.5) is 10.8 Å². The van der Waals surface area contributed by atoms with Gasteiger partial charge in [0.05, 0.1) is 10.6 Å². The molecule has 0 saturated carbocycles. The van der Waals surface area contributed by atoms with Gasteiger partial charge in [0.2, 0.25) is 0 Å². The molecule has 1 heterocycles. The van der Waals surface area contributed by atoms with Crippen molar-refractivity contribution in [1.29, 1.82) is 0 Å². The number of thiazole rings is 1. The minimum Gasteiger partial charge on any atom is -0.321 e. The van der Waals surface area contributed by atoms with Gasteiger partial charge in [-0.2, -0.15) is 0 Å². The van der Waals surface area contributed by atoms with E-state index < -0.39 is 10.0 Å². The second-order valence-corrected chi connectivity index (χ2v) is 7.85. The van der Waals surface area contributed by atoms with E-state index in [1.165, 1.54) is 12.1 Å². The van der Waals surface area contributed by atoms with Gasteiger partial charge in [-0.15, -0.1) is 0 Å². The summed E-state index contributed by atoms with van der Waals surface area (Å²) in [5.41, 5.74) is 1.12. The molecule has 128 valence electrons. The Morgan fingerprint density at radius 3 is 2.24 bits per heavy atom. The minimum absolute atomic E-state index is 0.137. The molecule has 0 aliphatic carbocycles. The number of nitrogens with zero attached hydrogens (tertiary/aromatic N) is 1. The van der Waals surface area contributed by atoms with E-state index in [9.17, 15) is 13.2 Å². The van der Waals surface area contributed by atoms with Crippen molar-refractivity contribution in [3.05, 3.63) is 71.2 Å². The van der Waals surface area contributed by atoms with Crippen LogP contribution in [0.1, 0.15) is 15.4 Å². The number of hydrogen-bond donors (Lipinski definition) is 2. The number of carbonyl (C=O) groups is 1. The predicted molar refractivity (Wildman–Crippen MR) is 98.5 cm³/mol. The van der Waals surface area contributed by atoms with Gasteiger partial charge in [-0.05, 0) is 31.2 Å². The zero-order valence-corrected chi connectivity index (χ0v) is 14.9. The summed E-state index contributed by atoms with van der Waals surface area (Å²) in [6.45, 7) is 1.66. The standard InChI is InChI=1S/C17H15N3O3S2/c1-12-15(16(21)19-13-8-4-2-5-9-13)24-17(18-12)20-25(22,23)14-10-6-3-7-11-14/h2-11H,1H3,(H,18,20)(H,19,21). The van der Waals surface area contributed by atoms with Crippen LogP contribution >= 0.6 is 11.3 Å². The van der Waals surface area contributed by atoms with E-state index in [1.54, 1.807) is 37.3 Å². The zero-order valence-electron chi connectivity index (χ0n) is 13.3. The summed E-state index contributed by atoms with van der Waals surface area (Å²) in [6, 6.07) is 17.0. The number of carbonyl (C=O) groups excluding carboxylic acids is 1. The summed E-state index contributed by atoms with van der Waals surface area (Å²) < 4.78 is 27.1. The van der Waals surface area contributed by atoms with Crippen LogP contribution in [-0.2, 0) is 10.0 Å². The normalized spacial score (nSPS) is 11.1. The van der Waals surface area contributed by atoms with Crippen LogP contribution in [0.3, 0.4) is 0 Å². The summed E-state index contributed by atoms with van der Waals surface area (Å²) in [6.07, 6.45) is 0. The number of benzene rings is 2. The van der Waals surface area contributed by atoms with Gasteiger partial charge in [0.1, 0.15) is 4.88 Å². The number of nitrogens with one attached hydrogen (secondary N) is 2. The van der Waals surface area contributed by atoms with Crippen LogP contribution in [0.2, 0.25) is 0 Å². The molecule has 0 spiro atoms. The van der Waals surface area contributed by atoms with E-state index in [-0.39, 0.29) is 15.9 Å². The maximum atomic E-state index is 12.4. The highest BCUT2D eigenvalue weighted by Crippen LogP contribution is 2.26. The second-order valence-electron chi connectivity index (χ2n) is 5.17. The van der Waals surface area contributed by atoms with Crippen LogP contribution in [0.5, 0.6) is 0 Å². The fourth-order valence-corrected chi connectivity index (χ4v) is 4.25. The topological polar surface area (TPSA) is 88.2 Å². The van der Waals surface area contributed by atoms with E-state index in [0.29, 0.717) is 16.3 Å². The molecule has 0 bridgehead atoms. The smallest absolute Gasteiger partial charge is 0.267 e. The maximum absolute atomic E-state index is 12.4. The van der Waals surface area contributed by atoms with Gasteiger partial charge in [0, 0.05) is 5.69 Å². The minimum atomic E-state index is -3.74. The fraction of sp³-hybridized carbons (Fsp3) is 0.0588. The number of amides is 1.